The molecule has 2 heterocycles. The Hall–Kier alpha value is -1.47. The molecular formula is C16H28IN7O2S. The molecule has 11 heteroatoms. The number of rotatable bonds is 9. The van der Waals surface area contributed by atoms with Crippen LogP contribution in [0.15, 0.2) is 29.4 Å². The van der Waals surface area contributed by atoms with Crippen LogP contribution in [0.4, 0.5) is 0 Å². The summed E-state index contributed by atoms with van der Waals surface area (Å²) in [4.78, 5) is 4.53. The van der Waals surface area contributed by atoms with Crippen LogP contribution in [-0.4, -0.2) is 65.7 Å². The van der Waals surface area contributed by atoms with Gasteiger partial charge in [0.1, 0.15) is 6.54 Å². The number of hydrogen-bond donors (Lipinski definition) is 2. The van der Waals surface area contributed by atoms with Gasteiger partial charge in [0, 0.05) is 32.4 Å². The molecule has 0 spiro atoms. The summed E-state index contributed by atoms with van der Waals surface area (Å²) in [6.07, 6.45) is 3.84. The van der Waals surface area contributed by atoms with Gasteiger partial charge in [0.05, 0.1) is 6.26 Å². The maximum absolute atomic E-state index is 11.6. The van der Waals surface area contributed by atoms with Gasteiger partial charge in [-0.2, -0.15) is 0 Å². The van der Waals surface area contributed by atoms with Crippen molar-refractivity contribution in [2.75, 3.05) is 32.4 Å². The first-order valence-corrected chi connectivity index (χ1v) is 10.6. The SMILES string of the molecule is CCNC(=NCc1nnc2ccccn12)NCCCN(CC)S(C)(=O)=O.I. The van der Waals surface area contributed by atoms with E-state index in [4.69, 9.17) is 0 Å². The minimum absolute atomic E-state index is 0. The van der Waals surface area contributed by atoms with E-state index in [1.807, 2.05) is 42.6 Å². The number of nitrogens with one attached hydrogen (secondary N) is 2. The fraction of sp³-hybridized carbons (Fsp3) is 0.562. The number of pyridine rings is 1. The van der Waals surface area contributed by atoms with Gasteiger partial charge in [-0.15, -0.1) is 34.2 Å². The van der Waals surface area contributed by atoms with Crippen LogP contribution in [0, 0.1) is 0 Å². The van der Waals surface area contributed by atoms with Gasteiger partial charge < -0.3 is 10.6 Å². The number of nitrogens with zero attached hydrogens (tertiary/aromatic N) is 5. The minimum atomic E-state index is -3.14. The third kappa shape index (κ3) is 7.22. The van der Waals surface area contributed by atoms with Crippen LogP contribution < -0.4 is 10.6 Å². The van der Waals surface area contributed by atoms with E-state index < -0.39 is 10.0 Å². The van der Waals surface area contributed by atoms with Crippen molar-refractivity contribution in [2.45, 2.75) is 26.8 Å². The van der Waals surface area contributed by atoms with Crippen LogP contribution >= 0.6 is 24.0 Å². The maximum atomic E-state index is 11.6. The lowest BCUT2D eigenvalue weighted by molar-refractivity contribution is 0.424. The highest BCUT2D eigenvalue weighted by atomic mass is 127. The molecule has 0 fully saturated rings. The number of fused-ring (bicyclic) bond motifs is 1. The summed E-state index contributed by atoms with van der Waals surface area (Å²) >= 11 is 0. The Labute approximate surface area is 177 Å². The monoisotopic (exact) mass is 509 g/mol. The molecule has 27 heavy (non-hydrogen) atoms. The molecule has 2 aromatic rings. The normalized spacial score (nSPS) is 12.2. The molecule has 0 saturated heterocycles. The molecule has 2 N–H and O–H groups in total. The van der Waals surface area contributed by atoms with Crippen molar-refractivity contribution in [2.24, 2.45) is 4.99 Å². The van der Waals surface area contributed by atoms with E-state index in [1.54, 1.807) is 0 Å². The van der Waals surface area contributed by atoms with Gasteiger partial charge in [-0.25, -0.2) is 17.7 Å². The highest BCUT2D eigenvalue weighted by molar-refractivity contribution is 14.0. The van der Waals surface area contributed by atoms with E-state index in [0.29, 0.717) is 38.6 Å². The summed E-state index contributed by atoms with van der Waals surface area (Å²) in [6.45, 7) is 6.54. The molecule has 0 unspecified atom stereocenters. The molecule has 0 amide bonds. The third-order valence-electron chi connectivity index (χ3n) is 3.81. The van der Waals surface area contributed by atoms with Crippen LogP contribution in [0.2, 0.25) is 0 Å². The second-order valence-electron chi connectivity index (χ2n) is 5.78. The summed E-state index contributed by atoms with van der Waals surface area (Å²) in [7, 11) is -3.14. The number of aromatic nitrogens is 3. The van der Waals surface area contributed by atoms with E-state index in [0.717, 1.165) is 18.0 Å². The van der Waals surface area contributed by atoms with Crippen molar-refractivity contribution < 1.29 is 8.42 Å². The number of hydrogen-bond acceptors (Lipinski definition) is 5. The quantitative estimate of drug-likeness (QED) is 0.227. The average Bonchev–Trinajstić information content (AvgIpc) is 3.01. The van der Waals surface area contributed by atoms with Crippen LogP contribution in [0.5, 0.6) is 0 Å². The molecule has 152 valence electrons. The molecule has 0 radical (unpaired) electrons. The Balaban J connectivity index is 0.00000364. The van der Waals surface area contributed by atoms with E-state index in [1.165, 1.54) is 10.6 Å². The van der Waals surface area contributed by atoms with Crippen LogP contribution in [0.25, 0.3) is 5.65 Å². The lowest BCUT2D eigenvalue weighted by atomic mass is 10.4. The Bertz CT molecular complexity index is 838. The molecule has 0 aliphatic heterocycles. The molecule has 0 aliphatic rings. The predicted octanol–water partition coefficient (Wildman–Crippen LogP) is 1.07. The molecule has 0 bridgehead atoms. The summed E-state index contributed by atoms with van der Waals surface area (Å²) < 4.78 is 26.5. The fourth-order valence-corrected chi connectivity index (χ4v) is 3.44. The molecule has 0 atom stereocenters. The summed E-state index contributed by atoms with van der Waals surface area (Å²) in [6, 6.07) is 5.73. The lowest BCUT2D eigenvalue weighted by Crippen LogP contribution is -2.39. The lowest BCUT2D eigenvalue weighted by Gasteiger charge is -2.18. The average molecular weight is 509 g/mol. The second-order valence-corrected chi connectivity index (χ2v) is 7.76. The van der Waals surface area contributed by atoms with Crippen molar-refractivity contribution in [3.8, 4) is 0 Å². The highest BCUT2D eigenvalue weighted by Crippen LogP contribution is 2.03. The van der Waals surface area contributed by atoms with Crippen molar-refractivity contribution >= 4 is 45.6 Å². The van der Waals surface area contributed by atoms with Gasteiger partial charge >= 0.3 is 0 Å². The first-order chi connectivity index (χ1) is 12.5. The second kappa shape index (κ2) is 11.4. The molecular weight excluding hydrogens is 481 g/mol. The van der Waals surface area contributed by atoms with E-state index in [2.05, 4.69) is 25.8 Å². The standard InChI is InChI=1S/C16H27N7O2S.HI/c1-4-17-16(18-10-8-11-22(5-2)26(3,24)25)19-13-15-21-20-14-9-6-7-12-23(14)15;/h6-7,9,12H,4-5,8,10-11,13H2,1-3H3,(H2,17,18,19);1H. The first-order valence-electron chi connectivity index (χ1n) is 8.71. The zero-order chi connectivity index (χ0) is 19.0. The first kappa shape index (κ1) is 23.6. The molecule has 0 aromatic carbocycles. The summed E-state index contributed by atoms with van der Waals surface area (Å²) in [5, 5.41) is 14.7. The van der Waals surface area contributed by atoms with Crippen molar-refractivity contribution in [3.05, 3.63) is 30.2 Å². The van der Waals surface area contributed by atoms with E-state index >= 15 is 0 Å². The Morgan fingerprint density at radius 3 is 2.70 bits per heavy atom. The number of aliphatic imine (C=N–C) groups is 1. The van der Waals surface area contributed by atoms with Gasteiger partial charge in [0.15, 0.2) is 17.4 Å². The van der Waals surface area contributed by atoms with Gasteiger partial charge in [-0.05, 0) is 25.5 Å². The minimum Gasteiger partial charge on any atom is -0.357 e. The van der Waals surface area contributed by atoms with Gasteiger partial charge in [0.25, 0.3) is 0 Å². The maximum Gasteiger partial charge on any atom is 0.211 e. The third-order valence-corrected chi connectivity index (χ3v) is 5.18. The smallest absolute Gasteiger partial charge is 0.211 e. The molecule has 2 aromatic heterocycles. The van der Waals surface area contributed by atoms with E-state index in [-0.39, 0.29) is 24.0 Å². The molecule has 9 nitrogen and oxygen atoms in total. The highest BCUT2D eigenvalue weighted by Gasteiger charge is 2.13. The fourth-order valence-electron chi connectivity index (χ4n) is 2.51. The molecule has 0 saturated carbocycles. The largest absolute Gasteiger partial charge is 0.357 e. The summed E-state index contributed by atoms with van der Waals surface area (Å²) in [5.74, 6) is 1.43. The Kier molecular flexibility index (Phi) is 9.94. The van der Waals surface area contributed by atoms with Gasteiger partial charge in [-0.3, -0.25) is 4.40 Å². The zero-order valence-electron chi connectivity index (χ0n) is 15.9. The van der Waals surface area contributed by atoms with Crippen molar-refractivity contribution in [1.82, 2.24) is 29.5 Å². The topological polar surface area (TPSA) is 104 Å². The Morgan fingerprint density at radius 1 is 1.26 bits per heavy atom. The van der Waals surface area contributed by atoms with Crippen molar-refractivity contribution in [3.63, 3.8) is 0 Å². The molecule has 2 rings (SSSR count). The van der Waals surface area contributed by atoms with Gasteiger partial charge in [0.2, 0.25) is 10.0 Å². The molecule has 0 aliphatic carbocycles. The van der Waals surface area contributed by atoms with Crippen LogP contribution in [0.1, 0.15) is 26.1 Å². The number of sulfonamides is 1. The Morgan fingerprint density at radius 2 is 2.04 bits per heavy atom. The summed E-state index contributed by atoms with van der Waals surface area (Å²) in [5.41, 5.74) is 0.788. The van der Waals surface area contributed by atoms with E-state index in [9.17, 15) is 8.42 Å². The number of halogens is 1. The van der Waals surface area contributed by atoms with Crippen LogP contribution in [0.3, 0.4) is 0 Å². The van der Waals surface area contributed by atoms with Crippen molar-refractivity contribution in [1.29, 1.82) is 0 Å². The zero-order valence-corrected chi connectivity index (χ0v) is 19.1. The predicted molar refractivity (Wildman–Crippen MR) is 118 cm³/mol. The number of guanidine groups is 1. The van der Waals surface area contributed by atoms with Gasteiger partial charge in [-0.1, -0.05) is 13.0 Å². The van der Waals surface area contributed by atoms with Crippen LogP contribution in [-0.2, 0) is 16.6 Å².